The van der Waals surface area contributed by atoms with Crippen LogP contribution in [0.1, 0.15) is 35.7 Å². The van der Waals surface area contributed by atoms with Gasteiger partial charge >= 0.3 is 0 Å². The number of aromatic nitrogens is 1. The summed E-state index contributed by atoms with van der Waals surface area (Å²) in [7, 11) is 0. The predicted molar refractivity (Wildman–Crippen MR) is 127 cm³/mol. The van der Waals surface area contributed by atoms with E-state index in [4.69, 9.17) is 0 Å². The SMILES string of the molecule is CCNC(=NCc1ncc(CC)s1)NCCCN1CCN(Cc2ccccc2)CC1. The van der Waals surface area contributed by atoms with E-state index in [1.165, 1.54) is 10.4 Å². The van der Waals surface area contributed by atoms with E-state index in [0.717, 1.165) is 76.2 Å². The van der Waals surface area contributed by atoms with Crippen molar-refractivity contribution in [1.29, 1.82) is 0 Å². The van der Waals surface area contributed by atoms with Gasteiger partial charge in [0.15, 0.2) is 5.96 Å². The number of hydrogen-bond acceptors (Lipinski definition) is 5. The van der Waals surface area contributed by atoms with Crippen molar-refractivity contribution < 1.29 is 0 Å². The summed E-state index contributed by atoms with van der Waals surface area (Å²) in [6.07, 6.45) is 4.13. The van der Waals surface area contributed by atoms with Gasteiger partial charge in [0.2, 0.25) is 0 Å². The van der Waals surface area contributed by atoms with Gasteiger partial charge in [-0.1, -0.05) is 37.3 Å². The van der Waals surface area contributed by atoms with E-state index in [1.807, 2.05) is 6.20 Å². The van der Waals surface area contributed by atoms with E-state index in [9.17, 15) is 0 Å². The molecule has 3 rings (SSSR count). The van der Waals surface area contributed by atoms with Crippen LogP contribution in [-0.4, -0.2) is 66.6 Å². The fourth-order valence-electron chi connectivity index (χ4n) is 3.60. The first-order valence-electron chi connectivity index (χ1n) is 11.2. The van der Waals surface area contributed by atoms with Gasteiger partial charge in [-0.3, -0.25) is 4.90 Å². The number of nitrogens with one attached hydrogen (secondary N) is 2. The van der Waals surface area contributed by atoms with Crippen LogP contribution in [0.4, 0.5) is 0 Å². The molecule has 1 aromatic heterocycles. The molecule has 0 spiro atoms. The quantitative estimate of drug-likeness (QED) is 0.346. The molecule has 0 aliphatic carbocycles. The van der Waals surface area contributed by atoms with Crippen LogP contribution in [0.5, 0.6) is 0 Å². The lowest BCUT2D eigenvalue weighted by Crippen LogP contribution is -2.46. The average Bonchev–Trinajstić information content (AvgIpc) is 3.25. The largest absolute Gasteiger partial charge is 0.357 e. The average molecular weight is 429 g/mol. The van der Waals surface area contributed by atoms with Gasteiger partial charge in [0, 0.05) is 56.9 Å². The van der Waals surface area contributed by atoms with Gasteiger partial charge in [-0.25, -0.2) is 9.98 Å². The second kappa shape index (κ2) is 12.7. The van der Waals surface area contributed by atoms with Crippen LogP contribution < -0.4 is 10.6 Å². The molecule has 0 atom stereocenters. The Balaban J connectivity index is 1.32. The number of piperazine rings is 1. The molecule has 0 amide bonds. The van der Waals surface area contributed by atoms with Gasteiger partial charge in [0.05, 0.1) is 6.54 Å². The Hall–Kier alpha value is -1.96. The lowest BCUT2D eigenvalue weighted by molar-refractivity contribution is 0.126. The summed E-state index contributed by atoms with van der Waals surface area (Å²) in [6, 6.07) is 10.8. The van der Waals surface area contributed by atoms with Gasteiger partial charge in [-0.15, -0.1) is 11.3 Å². The van der Waals surface area contributed by atoms with Crippen LogP contribution in [0, 0.1) is 0 Å². The molecule has 2 aromatic rings. The Morgan fingerprint density at radius 2 is 1.83 bits per heavy atom. The normalized spacial score (nSPS) is 16.0. The van der Waals surface area contributed by atoms with Crippen LogP contribution in [0.15, 0.2) is 41.5 Å². The number of aliphatic imine (C=N–C) groups is 1. The molecule has 0 saturated carbocycles. The van der Waals surface area contributed by atoms with Crippen molar-refractivity contribution in [1.82, 2.24) is 25.4 Å². The molecule has 6 nitrogen and oxygen atoms in total. The molecule has 0 radical (unpaired) electrons. The Bertz CT molecular complexity index is 752. The second-order valence-corrected chi connectivity index (χ2v) is 8.85. The molecule has 0 bridgehead atoms. The highest BCUT2D eigenvalue weighted by molar-refractivity contribution is 7.11. The third kappa shape index (κ3) is 7.70. The first-order valence-corrected chi connectivity index (χ1v) is 12.0. The molecule has 2 N–H and O–H groups in total. The van der Waals surface area contributed by atoms with E-state index in [2.05, 4.69) is 74.6 Å². The number of rotatable bonds is 10. The molecule has 1 saturated heterocycles. The molecule has 1 aliphatic heterocycles. The van der Waals surface area contributed by atoms with E-state index in [1.54, 1.807) is 11.3 Å². The molecule has 7 heteroatoms. The standard InChI is InChI=1S/C23H36N6S/c1-3-21-17-26-22(30-21)18-27-23(24-4-2)25-11-8-12-28-13-15-29(16-14-28)19-20-9-6-5-7-10-20/h5-7,9-10,17H,3-4,8,11-16,18-19H2,1-2H3,(H2,24,25,27). The molecular weight excluding hydrogens is 392 g/mol. The number of aryl methyl sites for hydroxylation is 1. The minimum absolute atomic E-state index is 0.642. The summed E-state index contributed by atoms with van der Waals surface area (Å²) in [6.45, 7) is 13.5. The number of nitrogens with zero attached hydrogens (tertiary/aromatic N) is 4. The third-order valence-electron chi connectivity index (χ3n) is 5.32. The molecule has 2 heterocycles. The summed E-state index contributed by atoms with van der Waals surface area (Å²) in [5.41, 5.74) is 1.41. The van der Waals surface area contributed by atoms with Gasteiger partial charge in [-0.05, 0) is 31.9 Å². The zero-order valence-electron chi connectivity index (χ0n) is 18.4. The minimum Gasteiger partial charge on any atom is -0.357 e. The highest BCUT2D eigenvalue weighted by Gasteiger charge is 2.16. The molecular formula is C23H36N6S. The Morgan fingerprint density at radius 3 is 2.53 bits per heavy atom. The molecule has 1 aromatic carbocycles. The maximum atomic E-state index is 4.69. The molecule has 164 valence electrons. The predicted octanol–water partition coefficient (Wildman–Crippen LogP) is 2.97. The zero-order valence-corrected chi connectivity index (χ0v) is 19.3. The van der Waals surface area contributed by atoms with Gasteiger partial charge in [0.25, 0.3) is 0 Å². The van der Waals surface area contributed by atoms with E-state index in [0.29, 0.717) is 6.54 Å². The molecule has 1 aliphatic rings. The maximum absolute atomic E-state index is 4.69. The lowest BCUT2D eigenvalue weighted by Gasteiger charge is -2.34. The van der Waals surface area contributed by atoms with Crippen LogP contribution in [0.2, 0.25) is 0 Å². The van der Waals surface area contributed by atoms with E-state index < -0.39 is 0 Å². The van der Waals surface area contributed by atoms with E-state index >= 15 is 0 Å². The van der Waals surface area contributed by atoms with Crippen molar-refractivity contribution in [2.75, 3.05) is 45.8 Å². The van der Waals surface area contributed by atoms with Crippen LogP contribution in [-0.2, 0) is 19.5 Å². The highest BCUT2D eigenvalue weighted by atomic mass is 32.1. The van der Waals surface area contributed by atoms with Crippen LogP contribution in [0.25, 0.3) is 0 Å². The maximum Gasteiger partial charge on any atom is 0.191 e. The summed E-state index contributed by atoms with van der Waals surface area (Å²) in [4.78, 5) is 15.6. The summed E-state index contributed by atoms with van der Waals surface area (Å²) in [5, 5.41) is 7.89. The smallest absolute Gasteiger partial charge is 0.191 e. The number of hydrogen-bond donors (Lipinski definition) is 2. The van der Waals surface area contributed by atoms with Crippen molar-refractivity contribution in [3.63, 3.8) is 0 Å². The lowest BCUT2D eigenvalue weighted by atomic mass is 10.2. The number of benzene rings is 1. The van der Waals surface area contributed by atoms with Crippen molar-refractivity contribution in [3.05, 3.63) is 52.0 Å². The first kappa shape index (κ1) is 22.7. The third-order valence-corrected chi connectivity index (χ3v) is 6.45. The van der Waals surface area contributed by atoms with Gasteiger partial charge in [-0.2, -0.15) is 0 Å². The van der Waals surface area contributed by atoms with Crippen molar-refractivity contribution in [2.45, 2.75) is 39.8 Å². The Kier molecular flexibility index (Phi) is 9.60. The fourth-order valence-corrected chi connectivity index (χ4v) is 4.38. The fraction of sp³-hybridized carbons (Fsp3) is 0.565. The van der Waals surface area contributed by atoms with Gasteiger partial charge < -0.3 is 15.5 Å². The highest BCUT2D eigenvalue weighted by Crippen LogP contribution is 2.14. The van der Waals surface area contributed by atoms with E-state index in [-0.39, 0.29) is 0 Å². The van der Waals surface area contributed by atoms with Crippen LogP contribution in [0.3, 0.4) is 0 Å². The summed E-state index contributed by atoms with van der Waals surface area (Å²) in [5.74, 6) is 0.887. The Labute approximate surface area is 185 Å². The number of thiazole rings is 1. The van der Waals surface area contributed by atoms with Gasteiger partial charge in [0.1, 0.15) is 5.01 Å². The number of guanidine groups is 1. The summed E-state index contributed by atoms with van der Waals surface area (Å²) < 4.78 is 0. The van der Waals surface area contributed by atoms with Crippen molar-refractivity contribution in [3.8, 4) is 0 Å². The van der Waals surface area contributed by atoms with Crippen LogP contribution >= 0.6 is 11.3 Å². The second-order valence-electron chi connectivity index (χ2n) is 7.65. The molecule has 1 fully saturated rings. The minimum atomic E-state index is 0.642. The van der Waals surface area contributed by atoms with Crippen molar-refractivity contribution >= 4 is 17.3 Å². The topological polar surface area (TPSA) is 55.8 Å². The molecule has 30 heavy (non-hydrogen) atoms. The summed E-state index contributed by atoms with van der Waals surface area (Å²) >= 11 is 1.76. The Morgan fingerprint density at radius 1 is 1.07 bits per heavy atom. The first-order chi connectivity index (χ1) is 14.8. The molecule has 0 unspecified atom stereocenters. The monoisotopic (exact) mass is 428 g/mol. The van der Waals surface area contributed by atoms with Crippen molar-refractivity contribution in [2.24, 2.45) is 4.99 Å². The zero-order chi connectivity index (χ0) is 21.0.